The first-order valence-corrected chi connectivity index (χ1v) is 6.89. The van der Waals surface area contributed by atoms with Crippen molar-refractivity contribution < 1.29 is 0 Å². The lowest BCUT2D eigenvalue weighted by Crippen LogP contribution is -2.45. The Balaban J connectivity index is 2.29. The van der Waals surface area contributed by atoms with E-state index in [4.69, 9.17) is 5.73 Å². The van der Waals surface area contributed by atoms with Crippen LogP contribution in [0.15, 0.2) is 18.2 Å². The van der Waals surface area contributed by atoms with Gasteiger partial charge in [0.2, 0.25) is 0 Å². The Bertz CT molecular complexity index is 378. The van der Waals surface area contributed by atoms with Crippen LogP contribution in [-0.2, 0) is 0 Å². The molecule has 1 saturated heterocycles. The maximum Gasteiger partial charge on any atom is 0.0603 e. The minimum atomic E-state index is 0.559. The lowest BCUT2D eigenvalue weighted by molar-refractivity contribution is 0.628. The van der Waals surface area contributed by atoms with Crippen molar-refractivity contribution in [2.45, 2.75) is 32.1 Å². The smallest absolute Gasteiger partial charge is 0.0603 e. The van der Waals surface area contributed by atoms with Gasteiger partial charge in [0.05, 0.1) is 11.4 Å². The van der Waals surface area contributed by atoms with Gasteiger partial charge in [0.1, 0.15) is 0 Å². The highest BCUT2D eigenvalue weighted by molar-refractivity contribution is 8.00. The first-order valence-electron chi connectivity index (χ1n) is 5.84. The molecule has 88 valence electrons. The van der Waals surface area contributed by atoms with Gasteiger partial charge in [-0.2, -0.15) is 11.8 Å². The van der Waals surface area contributed by atoms with Gasteiger partial charge in [-0.25, -0.2) is 0 Å². The highest BCUT2D eigenvalue weighted by Crippen LogP contribution is 2.32. The van der Waals surface area contributed by atoms with Crippen LogP contribution in [0.3, 0.4) is 0 Å². The van der Waals surface area contributed by atoms with Crippen LogP contribution < -0.4 is 10.6 Å². The van der Waals surface area contributed by atoms with Gasteiger partial charge < -0.3 is 10.6 Å². The summed E-state index contributed by atoms with van der Waals surface area (Å²) in [6, 6.07) is 6.92. The number of rotatable bonds is 1. The summed E-state index contributed by atoms with van der Waals surface area (Å²) < 4.78 is 0. The second-order valence-corrected chi connectivity index (χ2v) is 6.06. The molecule has 3 heteroatoms. The summed E-state index contributed by atoms with van der Waals surface area (Å²) in [5.74, 6) is 1.19. The van der Waals surface area contributed by atoms with Gasteiger partial charge in [-0.05, 0) is 31.5 Å². The molecule has 2 N–H and O–H groups in total. The minimum absolute atomic E-state index is 0.559. The molecule has 0 amide bonds. The summed E-state index contributed by atoms with van der Waals surface area (Å²) in [7, 11) is 0. The number of nitrogen functional groups attached to an aromatic ring is 1. The predicted molar refractivity (Wildman–Crippen MR) is 74.3 cm³/mol. The van der Waals surface area contributed by atoms with Crippen molar-refractivity contribution in [2.75, 3.05) is 22.9 Å². The van der Waals surface area contributed by atoms with Gasteiger partial charge in [-0.3, -0.25) is 0 Å². The first-order chi connectivity index (χ1) is 7.59. The van der Waals surface area contributed by atoms with Gasteiger partial charge in [0.15, 0.2) is 0 Å². The molecule has 2 unspecified atom stereocenters. The normalized spacial score (nSPS) is 25.8. The van der Waals surface area contributed by atoms with Crippen LogP contribution in [0.5, 0.6) is 0 Å². The third-order valence-electron chi connectivity index (χ3n) is 3.38. The Morgan fingerprint density at radius 3 is 2.81 bits per heavy atom. The number of nitrogens with zero attached hydrogens (tertiary/aromatic N) is 1. The summed E-state index contributed by atoms with van der Waals surface area (Å²) in [6.45, 7) is 7.77. The fourth-order valence-electron chi connectivity index (χ4n) is 2.21. The fourth-order valence-corrected chi connectivity index (χ4v) is 3.31. The number of nitrogens with two attached hydrogens (primary N) is 1. The first kappa shape index (κ1) is 11.6. The molecule has 0 spiro atoms. The fraction of sp³-hybridized carbons (Fsp3) is 0.538. The molecular formula is C13H20N2S. The van der Waals surface area contributed by atoms with Crippen LogP contribution >= 0.6 is 11.8 Å². The molecule has 2 rings (SSSR count). The SMILES string of the molecule is Cc1ccc(N2CCSC(C)C2C)c(N)c1. The lowest BCUT2D eigenvalue weighted by atomic mass is 10.1. The topological polar surface area (TPSA) is 29.3 Å². The summed E-state index contributed by atoms with van der Waals surface area (Å²) >= 11 is 2.05. The van der Waals surface area contributed by atoms with E-state index in [-0.39, 0.29) is 0 Å². The molecule has 1 aliphatic rings. The molecule has 2 nitrogen and oxygen atoms in total. The summed E-state index contributed by atoms with van der Waals surface area (Å²) in [6.07, 6.45) is 0. The van der Waals surface area contributed by atoms with Crippen LogP contribution in [0.25, 0.3) is 0 Å². The highest BCUT2D eigenvalue weighted by atomic mass is 32.2. The minimum Gasteiger partial charge on any atom is -0.397 e. The van der Waals surface area contributed by atoms with E-state index < -0.39 is 0 Å². The van der Waals surface area contributed by atoms with E-state index in [2.05, 4.69) is 55.6 Å². The van der Waals surface area contributed by atoms with E-state index >= 15 is 0 Å². The number of benzene rings is 1. The molecule has 0 aliphatic carbocycles. The largest absolute Gasteiger partial charge is 0.397 e. The maximum atomic E-state index is 6.11. The molecular weight excluding hydrogens is 216 g/mol. The summed E-state index contributed by atoms with van der Waals surface area (Å²) in [5.41, 5.74) is 9.45. The van der Waals surface area contributed by atoms with Crippen molar-refractivity contribution in [1.29, 1.82) is 0 Å². The Kier molecular flexibility index (Phi) is 3.33. The average molecular weight is 236 g/mol. The van der Waals surface area contributed by atoms with E-state index in [0.29, 0.717) is 11.3 Å². The van der Waals surface area contributed by atoms with Crippen molar-refractivity contribution in [3.8, 4) is 0 Å². The zero-order valence-corrected chi connectivity index (χ0v) is 11.1. The monoisotopic (exact) mass is 236 g/mol. The number of anilines is 2. The summed E-state index contributed by atoms with van der Waals surface area (Å²) in [4.78, 5) is 2.44. The van der Waals surface area contributed by atoms with Crippen LogP contribution in [0, 0.1) is 6.92 Å². The van der Waals surface area contributed by atoms with Crippen LogP contribution in [-0.4, -0.2) is 23.6 Å². The van der Waals surface area contributed by atoms with Crippen molar-refractivity contribution in [2.24, 2.45) is 0 Å². The molecule has 0 aromatic heterocycles. The van der Waals surface area contributed by atoms with Gasteiger partial charge in [0, 0.05) is 23.6 Å². The third-order valence-corrected chi connectivity index (χ3v) is 4.71. The molecule has 2 atom stereocenters. The van der Waals surface area contributed by atoms with Crippen LogP contribution in [0.2, 0.25) is 0 Å². The van der Waals surface area contributed by atoms with E-state index in [1.807, 2.05) is 0 Å². The second kappa shape index (κ2) is 4.58. The van der Waals surface area contributed by atoms with Crippen LogP contribution in [0.1, 0.15) is 19.4 Å². The van der Waals surface area contributed by atoms with Crippen molar-refractivity contribution in [3.63, 3.8) is 0 Å². The van der Waals surface area contributed by atoms with Crippen molar-refractivity contribution >= 4 is 23.1 Å². The number of hydrogen-bond donors (Lipinski definition) is 1. The standard InChI is InChI=1S/C13H20N2S/c1-9-4-5-13(12(14)8-9)15-6-7-16-11(3)10(15)2/h4-5,8,10-11H,6-7,14H2,1-3H3. The van der Waals surface area contributed by atoms with E-state index in [9.17, 15) is 0 Å². The quantitative estimate of drug-likeness (QED) is 0.760. The van der Waals surface area contributed by atoms with Gasteiger partial charge in [-0.15, -0.1) is 0 Å². The average Bonchev–Trinajstić information content (AvgIpc) is 2.23. The molecule has 1 aromatic carbocycles. The van der Waals surface area contributed by atoms with Gasteiger partial charge in [0.25, 0.3) is 0 Å². The maximum absolute atomic E-state index is 6.11. The highest BCUT2D eigenvalue weighted by Gasteiger charge is 2.26. The number of thioether (sulfide) groups is 1. The molecule has 1 aromatic rings. The molecule has 0 radical (unpaired) electrons. The Morgan fingerprint density at radius 1 is 1.38 bits per heavy atom. The van der Waals surface area contributed by atoms with Gasteiger partial charge >= 0.3 is 0 Å². The zero-order chi connectivity index (χ0) is 11.7. The molecule has 1 aliphatic heterocycles. The lowest BCUT2D eigenvalue weighted by Gasteiger charge is -2.39. The molecule has 0 bridgehead atoms. The van der Waals surface area contributed by atoms with E-state index in [0.717, 1.165) is 12.2 Å². The number of hydrogen-bond acceptors (Lipinski definition) is 3. The van der Waals surface area contributed by atoms with Crippen molar-refractivity contribution in [3.05, 3.63) is 23.8 Å². The molecule has 0 saturated carbocycles. The molecule has 1 heterocycles. The zero-order valence-electron chi connectivity index (χ0n) is 10.2. The van der Waals surface area contributed by atoms with E-state index in [1.54, 1.807) is 0 Å². The third kappa shape index (κ3) is 2.14. The van der Waals surface area contributed by atoms with Gasteiger partial charge in [-0.1, -0.05) is 13.0 Å². The number of aryl methyl sites for hydroxylation is 1. The van der Waals surface area contributed by atoms with Crippen LogP contribution in [0.4, 0.5) is 11.4 Å². The Morgan fingerprint density at radius 2 is 2.12 bits per heavy atom. The second-order valence-electron chi connectivity index (χ2n) is 4.57. The molecule has 1 fully saturated rings. The van der Waals surface area contributed by atoms with E-state index in [1.165, 1.54) is 17.0 Å². The molecule has 16 heavy (non-hydrogen) atoms. The Labute approximate surface area is 102 Å². The summed E-state index contributed by atoms with van der Waals surface area (Å²) in [5, 5.41) is 0.675. The Hall–Kier alpha value is -0.830. The van der Waals surface area contributed by atoms with Crippen molar-refractivity contribution in [1.82, 2.24) is 0 Å². The predicted octanol–water partition coefficient (Wildman–Crippen LogP) is 2.91.